The molecule has 188 valence electrons. The van der Waals surface area contributed by atoms with E-state index in [-0.39, 0.29) is 23.2 Å². The standard InChI is InChI=1S/C25H33FN6O3/c1-30(2)9-4-10-35-22-6-5-16(15-29-22)18-13-19(21(27)14-20(18)26)23-24(28)31(3)25(33)32(23)17-7-11-34-12-8-17/h5-6,13-15,17H,4,7-12,27-28H2,1-3H3. The molecule has 4 N–H and O–H groups in total. The number of imidazole rings is 1. The maximum atomic E-state index is 15.0. The van der Waals surface area contributed by atoms with Crippen LogP contribution in [0.25, 0.3) is 22.4 Å². The molecule has 0 spiro atoms. The lowest BCUT2D eigenvalue weighted by Gasteiger charge is -2.25. The molecule has 0 radical (unpaired) electrons. The molecule has 0 aliphatic carbocycles. The summed E-state index contributed by atoms with van der Waals surface area (Å²) in [7, 11) is 5.64. The number of hydrogen-bond acceptors (Lipinski definition) is 7. The summed E-state index contributed by atoms with van der Waals surface area (Å²) in [5, 5.41) is 0. The summed E-state index contributed by atoms with van der Waals surface area (Å²) in [5.74, 6) is 0.275. The Morgan fingerprint density at radius 3 is 2.60 bits per heavy atom. The normalized spacial score (nSPS) is 14.5. The first-order valence-corrected chi connectivity index (χ1v) is 11.8. The lowest BCUT2D eigenvalue weighted by Crippen LogP contribution is -2.30. The van der Waals surface area contributed by atoms with Gasteiger partial charge in [0, 0.05) is 67.5 Å². The minimum Gasteiger partial charge on any atom is -0.478 e. The van der Waals surface area contributed by atoms with E-state index in [2.05, 4.69) is 9.88 Å². The second kappa shape index (κ2) is 10.5. The van der Waals surface area contributed by atoms with Crippen molar-refractivity contribution in [2.45, 2.75) is 25.3 Å². The number of nitrogens with zero attached hydrogens (tertiary/aromatic N) is 4. The predicted octanol–water partition coefficient (Wildman–Crippen LogP) is 2.90. The Bertz CT molecular complexity index is 1230. The number of nitrogens with two attached hydrogens (primary N) is 2. The largest absolute Gasteiger partial charge is 0.478 e. The van der Waals surface area contributed by atoms with Crippen LogP contribution in [0.3, 0.4) is 0 Å². The molecule has 0 atom stereocenters. The molecule has 1 saturated heterocycles. The molecular weight excluding hydrogens is 451 g/mol. The van der Waals surface area contributed by atoms with Crippen molar-refractivity contribution >= 4 is 11.5 Å². The van der Waals surface area contributed by atoms with Gasteiger partial charge in [-0.15, -0.1) is 0 Å². The minimum atomic E-state index is -0.484. The molecule has 1 aliphatic heterocycles. The maximum Gasteiger partial charge on any atom is 0.330 e. The van der Waals surface area contributed by atoms with Gasteiger partial charge in [0.1, 0.15) is 11.6 Å². The molecule has 35 heavy (non-hydrogen) atoms. The highest BCUT2D eigenvalue weighted by atomic mass is 19.1. The molecule has 3 heterocycles. The van der Waals surface area contributed by atoms with Gasteiger partial charge in [-0.2, -0.15) is 0 Å². The lowest BCUT2D eigenvalue weighted by atomic mass is 9.99. The molecule has 2 aromatic heterocycles. The highest BCUT2D eigenvalue weighted by molar-refractivity contribution is 5.85. The zero-order valence-corrected chi connectivity index (χ0v) is 20.5. The Labute approximate surface area is 204 Å². The van der Waals surface area contributed by atoms with Gasteiger partial charge in [0.25, 0.3) is 0 Å². The van der Waals surface area contributed by atoms with Crippen LogP contribution in [0.15, 0.2) is 35.3 Å². The summed E-state index contributed by atoms with van der Waals surface area (Å²) in [4.78, 5) is 19.5. The van der Waals surface area contributed by atoms with Crippen LogP contribution >= 0.6 is 0 Å². The zero-order valence-electron chi connectivity index (χ0n) is 20.5. The molecular formula is C25H33FN6O3. The number of hydrogen-bond donors (Lipinski definition) is 2. The Balaban J connectivity index is 1.68. The fraction of sp³-hybridized carbons (Fsp3) is 0.440. The molecule has 0 unspecified atom stereocenters. The molecule has 0 bridgehead atoms. The number of benzene rings is 1. The summed E-state index contributed by atoms with van der Waals surface area (Å²) in [5.41, 5.74) is 14.5. The SMILES string of the molecule is CN(C)CCCOc1ccc(-c2cc(-c3c(N)n(C)c(=O)n3C3CCOCC3)c(N)cc2F)cn1. The van der Waals surface area contributed by atoms with Gasteiger partial charge in [0.2, 0.25) is 5.88 Å². The second-order valence-electron chi connectivity index (χ2n) is 9.10. The van der Waals surface area contributed by atoms with Gasteiger partial charge >= 0.3 is 5.69 Å². The van der Waals surface area contributed by atoms with E-state index in [1.165, 1.54) is 10.6 Å². The smallest absolute Gasteiger partial charge is 0.330 e. The molecule has 0 amide bonds. The Morgan fingerprint density at radius 1 is 1.20 bits per heavy atom. The van der Waals surface area contributed by atoms with Crippen LogP contribution in [0.4, 0.5) is 15.9 Å². The summed E-state index contributed by atoms with van der Waals surface area (Å²) >= 11 is 0. The van der Waals surface area contributed by atoms with Crippen molar-refractivity contribution in [3.05, 3.63) is 46.8 Å². The van der Waals surface area contributed by atoms with Gasteiger partial charge in [0.15, 0.2) is 0 Å². The first kappa shape index (κ1) is 24.7. The van der Waals surface area contributed by atoms with E-state index in [4.69, 9.17) is 20.9 Å². The zero-order chi connectivity index (χ0) is 25.1. The van der Waals surface area contributed by atoms with Crippen molar-refractivity contribution in [2.24, 2.45) is 7.05 Å². The van der Waals surface area contributed by atoms with E-state index in [1.54, 1.807) is 36.0 Å². The Hall–Kier alpha value is -3.37. The van der Waals surface area contributed by atoms with Crippen LogP contribution in [0.1, 0.15) is 25.3 Å². The summed E-state index contributed by atoms with van der Waals surface area (Å²) in [6.07, 6.45) is 3.81. The van der Waals surface area contributed by atoms with Gasteiger partial charge in [-0.3, -0.25) is 9.13 Å². The monoisotopic (exact) mass is 484 g/mol. The van der Waals surface area contributed by atoms with Gasteiger partial charge in [0.05, 0.1) is 12.3 Å². The Kier molecular flexibility index (Phi) is 7.42. The highest BCUT2D eigenvalue weighted by Crippen LogP contribution is 2.38. The van der Waals surface area contributed by atoms with Crippen molar-refractivity contribution in [1.29, 1.82) is 0 Å². The topological polar surface area (TPSA) is 114 Å². The summed E-state index contributed by atoms with van der Waals surface area (Å²) in [6, 6.07) is 6.30. The fourth-order valence-corrected chi connectivity index (χ4v) is 4.39. The van der Waals surface area contributed by atoms with E-state index in [9.17, 15) is 4.79 Å². The fourth-order valence-electron chi connectivity index (χ4n) is 4.39. The number of aromatic nitrogens is 3. The number of halogens is 1. The number of pyridine rings is 1. The number of anilines is 2. The van der Waals surface area contributed by atoms with Crippen molar-refractivity contribution in [3.8, 4) is 28.3 Å². The van der Waals surface area contributed by atoms with Crippen LogP contribution in [-0.2, 0) is 11.8 Å². The summed E-state index contributed by atoms with van der Waals surface area (Å²) < 4.78 is 29.3. The van der Waals surface area contributed by atoms with Crippen LogP contribution in [0.2, 0.25) is 0 Å². The number of rotatable bonds is 8. The molecule has 3 aromatic rings. The molecule has 1 fully saturated rings. The second-order valence-corrected chi connectivity index (χ2v) is 9.10. The molecule has 9 nitrogen and oxygen atoms in total. The first-order valence-electron chi connectivity index (χ1n) is 11.8. The molecule has 1 aliphatic rings. The summed E-state index contributed by atoms with van der Waals surface area (Å²) in [6.45, 7) is 2.58. The van der Waals surface area contributed by atoms with E-state index >= 15 is 4.39 Å². The van der Waals surface area contributed by atoms with E-state index in [0.717, 1.165) is 13.0 Å². The van der Waals surface area contributed by atoms with Crippen molar-refractivity contribution in [2.75, 3.05) is 51.9 Å². The lowest BCUT2D eigenvalue weighted by molar-refractivity contribution is 0.0690. The van der Waals surface area contributed by atoms with Gasteiger partial charge in [-0.1, -0.05) is 0 Å². The van der Waals surface area contributed by atoms with E-state index < -0.39 is 5.82 Å². The van der Waals surface area contributed by atoms with Gasteiger partial charge < -0.3 is 25.8 Å². The Morgan fingerprint density at radius 2 is 1.94 bits per heavy atom. The molecule has 1 aromatic carbocycles. The van der Waals surface area contributed by atoms with Gasteiger partial charge in [-0.05, 0) is 51.6 Å². The van der Waals surface area contributed by atoms with Gasteiger partial charge in [-0.25, -0.2) is 14.2 Å². The third-order valence-corrected chi connectivity index (χ3v) is 6.34. The van der Waals surface area contributed by atoms with Crippen molar-refractivity contribution < 1.29 is 13.9 Å². The quantitative estimate of drug-likeness (QED) is 0.373. The van der Waals surface area contributed by atoms with Crippen LogP contribution in [0.5, 0.6) is 5.88 Å². The molecule has 10 heteroatoms. The average Bonchev–Trinajstić information content (AvgIpc) is 3.07. The van der Waals surface area contributed by atoms with Crippen LogP contribution in [-0.4, -0.2) is 59.5 Å². The number of nitrogen functional groups attached to an aromatic ring is 2. The predicted molar refractivity (Wildman–Crippen MR) is 135 cm³/mol. The maximum absolute atomic E-state index is 15.0. The minimum absolute atomic E-state index is 0.0757. The third-order valence-electron chi connectivity index (χ3n) is 6.34. The van der Waals surface area contributed by atoms with Crippen LogP contribution < -0.4 is 21.9 Å². The highest BCUT2D eigenvalue weighted by Gasteiger charge is 2.27. The van der Waals surface area contributed by atoms with Crippen molar-refractivity contribution in [1.82, 2.24) is 19.0 Å². The first-order chi connectivity index (χ1) is 16.8. The van der Waals surface area contributed by atoms with E-state index in [1.807, 2.05) is 14.1 Å². The number of ether oxygens (including phenoxy) is 2. The third kappa shape index (κ3) is 5.18. The van der Waals surface area contributed by atoms with Crippen molar-refractivity contribution in [3.63, 3.8) is 0 Å². The molecule has 0 saturated carbocycles. The average molecular weight is 485 g/mol. The van der Waals surface area contributed by atoms with Crippen LogP contribution in [0, 0.1) is 5.82 Å². The van der Waals surface area contributed by atoms with E-state index in [0.29, 0.717) is 60.9 Å². The molecule has 4 rings (SSSR count).